The van der Waals surface area contributed by atoms with Gasteiger partial charge < -0.3 is 39.4 Å². The zero-order valence-electron chi connectivity index (χ0n) is 45.5. The van der Waals surface area contributed by atoms with Crippen molar-refractivity contribution in [1.29, 1.82) is 0 Å². The minimum absolute atomic E-state index is 0.0155. The number of hydrogen-bond donors (Lipinski definition) is 2. The molecule has 412 valence electrons. The van der Waals surface area contributed by atoms with Crippen LogP contribution < -0.4 is 29.6 Å². The van der Waals surface area contributed by atoms with Gasteiger partial charge in [0.2, 0.25) is 11.8 Å². The highest BCUT2D eigenvalue weighted by molar-refractivity contribution is 6.13. The lowest BCUT2D eigenvalue weighted by Crippen LogP contribution is -2.45. The van der Waals surface area contributed by atoms with Crippen LogP contribution in [0.2, 0.25) is 0 Å². The fourth-order valence-corrected chi connectivity index (χ4v) is 10.6. The Bertz CT molecular complexity index is 3130. The van der Waals surface area contributed by atoms with Crippen LogP contribution in [-0.2, 0) is 24.0 Å². The van der Waals surface area contributed by atoms with Crippen LogP contribution in [0.3, 0.4) is 0 Å². The zero-order valence-corrected chi connectivity index (χ0v) is 45.5. The number of imide groups is 1. The van der Waals surface area contributed by atoms with Gasteiger partial charge >= 0.3 is 0 Å². The molecule has 0 aliphatic carbocycles. The Hall–Kier alpha value is -8.41. The number of ketones is 1. The summed E-state index contributed by atoms with van der Waals surface area (Å²) >= 11 is 0. The first-order valence-corrected chi connectivity index (χ1v) is 27.0. The summed E-state index contributed by atoms with van der Waals surface area (Å²) in [6, 6.07) is 21.2. The van der Waals surface area contributed by atoms with Crippen LogP contribution in [-0.4, -0.2) is 127 Å². The van der Waals surface area contributed by atoms with E-state index in [1.807, 2.05) is 105 Å². The van der Waals surface area contributed by atoms with Gasteiger partial charge in [-0.3, -0.25) is 48.4 Å². The molecule has 0 saturated carbocycles. The van der Waals surface area contributed by atoms with E-state index in [4.69, 9.17) is 28.9 Å². The average Bonchev–Trinajstić information content (AvgIpc) is 4.17. The number of carbonyl (C=O) groups excluding carboxylic acids is 7. The molecule has 18 heteroatoms. The van der Waals surface area contributed by atoms with Crippen LogP contribution in [0.4, 0.5) is 17.1 Å². The Kier molecular flexibility index (Phi) is 17.2. The van der Waals surface area contributed by atoms with Gasteiger partial charge in [0.15, 0.2) is 17.3 Å². The number of unbranched alkanes of at least 4 members (excludes halogenated alkanes) is 2. The molecule has 5 aliphatic rings. The van der Waals surface area contributed by atoms with E-state index < -0.39 is 12.0 Å². The first-order chi connectivity index (χ1) is 38.1. The molecule has 79 heavy (non-hydrogen) atoms. The summed E-state index contributed by atoms with van der Waals surface area (Å²) in [5, 5.41) is 5.77. The lowest BCUT2D eigenvalue weighted by molar-refractivity contribution is -0.137. The SMILES string of the molecule is COc1ccc(C2=CN3C(=O)c4cc(C)c(OCCCOc5cc6c(cc5OC)C(=O)N5CC(c7ccc(NC(=O)[C@H](C)CC(=O)[C@@H](NC(=O)CCCCCN8C(=O)C=CC8=O)C(C)C)cc7)C[C@H]5C=N6)cc4N=C[C@@H]3C2)cc1. The van der Waals surface area contributed by atoms with Gasteiger partial charge in [-0.05, 0) is 90.8 Å². The number of nitrogens with zero attached hydrogens (tertiary/aromatic N) is 5. The second-order valence-corrected chi connectivity index (χ2v) is 21.0. The van der Waals surface area contributed by atoms with E-state index >= 15 is 0 Å². The normalized spacial score (nSPS) is 18.8. The van der Waals surface area contributed by atoms with Crippen LogP contribution >= 0.6 is 0 Å². The third kappa shape index (κ3) is 12.6. The number of rotatable bonds is 23. The van der Waals surface area contributed by atoms with Crippen LogP contribution in [0.25, 0.3) is 5.57 Å². The maximum Gasteiger partial charge on any atom is 0.260 e. The van der Waals surface area contributed by atoms with Gasteiger partial charge in [0.25, 0.3) is 23.6 Å². The molecule has 1 saturated heterocycles. The van der Waals surface area contributed by atoms with Crippen molar-refractivity contribution >= 4 is 76.3 Å². The second kappa shape index (κ2) is 24.5. The average molecular weight is 1070 g/mol. The molecule has 9 rings (SSSR count). The van der Waals surface area contributed by atoms with E-state index in [1.165, 1.54) is 24.2 Å². The number of Topliss-reactive ketones (excluding diaryl/α,β-unsaturated/α-hetero) is 1. The van der Waals surface area contributed by atoms with Crippen molar-refractivity contribution in [3.63, 3.8) is 0 Å². The molecule has 5 heterocycles. The predicted octanol–water partition coefficient (Wildman–Crippen LogP) is 8.71. The number of amides is 6. The monoisotopic (exact) mass is 1070 g/mol. The van der Waals surface area contributed by atoms with E-state index in [2.05, 4.69) is 10.6 Å². The van der Waals surface area contributed by atoms with Crippen molar-refractivity contribution in [3.05, 3.63) is 119 Å². The van der Waals surface area contributed by atoms with Gasteiger partial charge in [-0.15, -0.1) is 0 Å². The van der Waals surface area contributed by atoms with E-state index in [-0.39, 0.29) is 78.0 Å². The van der Waals surface area contributed by atoms with Gasteiger partial charge in [-0.1, -0.05) is 51.5 Å². The summed E-state index contributed by atoms with van der Waals surface area (Å²) in [6.07, 6.45) is 11.8. The van der Waals surface area contributed by atoms with Gasteiger partial charge in [-0.2, -0.15) is 0 Å². The fraction of sp³-hybridized carbons (Fsp3) is 0.393. The third-order valence-electron chi connectivity index (χ3n) is 15.1. The first kappa shape index (κ1) is 55.3. The van der Waals surface area contributed by atoms with Gasteiger partial charge in [-0.25, -0.2) is 0 Å². The summed E-state index contributed by atoms with van der Waals surface area (Å²) in [7, 11) is 3.16. The van der Waals surface area contributed by atoms with Crippen molar-refractivity contribution in [3.8, 4) is 23.0 Å². The summed E-state index contributed by atoms with van der Waals surface area (Å²) in [6.45, 7) is 8.68. The number of fused-ring (bicyclic) bond motifs is 4. The lowest BCUT2D eigenvalue weighted by atomic mass is 9.92. The molecule has 2 N–H and O–H groups in total. The Morgan fingerprint density at radius 3 is 2.09 bits per heavy atom. The van der Waals surface area contributed by atoms with Crippen molar-refractivity contribution in [2.24, 2.45) is 21.8 Å². The van der Waals surface area contributed by atoms with Crippen LogP contribution in [0.5, 0.6) is 23.0 Å². The maximum absolute atomic E-state index is 14.1. The molecule has 1 fully saturated rings. The number of aryl methyl sites for hydroxylation is 1. The van der Waals surface area contributed by atoms with Gasteiger partial charge in [0, 0.05) is 99.2 Å². The highest BCUT2D eigenvalue weighted by atomic mass is 16.5. The number of carbonyl (C=O) groups is 7. The second-order valence-electron chi connectivity index (χ2n) is 21.0. The standard InChI is InChI=1S/C61H67N7O11/c1-36(2)58(65-55(70)11-8-7-9-22-66-56(71)20-21-57(66)72)51(69)26-38(4)59(73)64-43-16-12-39(13-17-43)41-27-45-33-63-50-31-54(53(77-6)29-48(50)61(75)68(45)34-41)79-24-10-23-78-52-30-49-47(25-37(52)3)60(74)67-35-42(28-44(67)32-62-49)40-14-18-46(76-5)19-15-40/h12-21,25,29-33,35-36,38,41,44-45,58H,7-11,22-24,26-28,34H2,1-6H3,(H,64,73)(H,65,70)/t38-,41?,44+,45+,58+/m1/s1. The Morgan fingerprint density at radius 2 is 1.41 bits per heavy atom. The van der Waals surface area contributed by atoms with Crippen molar-refractivity contribution in [2.75, 3.05) is 45.8 Å². The van der Waals surface area contributed by atoms with Crippen LogP contribution in [0.15, 0.2) is 101 Å². The lowest BCUT2D eigenvalue weighted by Gasteiger charge is -2.23. The van der Waals surface area contributed by atoms with Crippen LogP contribution in [0.1, 0.15) is 115 Å². The third-order valence-corrected chi connectivity index (χ3v) is 15.1. The molecule has 18 nitrogen and oxygen atoms in total. The molecule has 0 radical (unpaired) electrons. The van der Waals surface area contributed by atoms with Gasteiger partial charge in [0.05, 0.1) is 68.1 Å². The number of anilines is 1. The Balaban J connectivity index is 0.723. The molecule has 0 spiro atoms. The number of benzene rings is 4. The molecule has 5 atom stereocenters. The maximum atomic E-state index is 14.1. The largest absolute Gasteiger partial charge is 0.497 e. The molecule has 0 aromatic heterocycles. The molecule has 4 aromatic rings. The molecule has 0 bridgehead atoms. The van der Waals surface area contributed by atoms with Crippen molar-refractivity contribution < 1.29 is 52.5 Å². The van der Waals surface area contributed by atoms with Crippen molar-refractivity contribution in [2.45, 2.75) is 103 Å². The predicted molar refractivity (Wildman–Crippen MR) is 299 cm³/mol. The number of methoxy groups -OCH3 is 2. The number of ether oxygens (including phenoxy) is 4. The first-order valence-electron chi connectivity index (χ1n) is 27.0. The highest BCUT2D eigenvalue weighted by Crippen LogP contribution is 2.41. The van der Waals surface area contributed by atoms with E-state index in [0.717, 1.165) is 28.0 Å². The molecule has 4 aromatic carbocycles. The highest BCUT2D eigenvalue weighted by Gasteiger charge is 2.39. The Labute approximate surface area is 459 Å². The topological polar surface area (TPSA) is 215 Å². The number of nitrogens with one attached hydrogen (secondary N) is 2. The quantitative estimate of drug-likeness (QED) is 0.0529. The molecule has 1 unspecified atom stereocenters. The van der Waals surface area contributed by atoms with E-state index in [1.54, 1.807) is 31.1 Å². The van der Waals surface area contributed by atoms with E-state index in [9.17, 15) is 33.6 Å². The number of aliphatic imine (C=N–C) groups is 2. The van der Waals surface area contributed by atoms with E-state index in [0.29, 0.717) is 110 Å². The summed E-state index contributed by atoms with van der Waals surface area (Å²) in [4.78, 5) is 105. The Morgan fingerprint density at radius 1 is 0.734 bits per heavy atom. The van der Waals surface area contributed by atoms with Gasteiger partial charge in [0.1, 0.15) is 11.5 Å². The zero-order chi connectivity index (χ0) is 55.9. The van der Waals surface area contributed by atoms with Crippen molar-refractivity contribution in [1.82, 2.24) is 20.0 Å². The smallest absolute Gasteiger partial charge is 0.260 e. The molecule has 6 amide bonds. The summed E-state index contributed by atoms with van der Waals surface area (Å²) < 4.78 is 23.4. The molecular formula is C61H67N7O11. The summed E-state index contributed by atoms with van der Waals surface area (Å²) in [5.74, 6) is -0.324. The summed E-state index contributed by atoms with van der Waals surface area (Å²) in [5.41, 5.74) is 6.45. The fourth-order valence-electron chi connectivity index (χ4n) is 10.6. The number of hydrogen-bond acceptors (Lipinski definition) is 13. The van der Waals surface area contributed by atoms with Crippen LogP contribution in [0, 0.1) is 18.8 Å². The minimum Gasteiger partial charge on any atom is -0.497 e. The molecular weight excluding hydrogens is 1010 g/mol. The molecule has 5 aliphatic heterocycles. The minimum atomic E-state index is -0.750.